The fraction of sp³-hybridized carbons (Fsp3) is 0.0769. The Bertz CT molecular complexity index is 724. The number of H-pyrrole nitrogens is 1. The van der Waals surface area contributed by atoms with Crippen molar-refractivity contribution in [3.63, 3.8) is 0 Å². The quantitative estimate of drug-likeness (QED) is 0.875. The van der Waals surface area contributed by atoms with E-state index in [0.717, 1.165) is 5.69 Å². The van der Waals surface area contributed by atoms with E-state index in [1.165, 1.54) is 0 Å². The fourth-order valence-corrected chi connectivity index (χ4v) is 2.41. The third-order valence-electron chi connectivity index (χ3n) is 2.85. The van der Waals surface area contributed by atoms with Crippen molar-refractivity contribution < 1.29 is 0 Å². The predicted octanol–water partition coefficient (Wildman–Crippen LogP) is 3.45. The Morgan fingerprint density at radius 1 is 1.21 bits per heavy atom. The third kappa shape index (κ3) is 2.25. The second kappa shape index (κ2) is 4.72. The van der Waals surface area contributed by atoms with Crippen molar-refractivity contribution in [3.05, 3.63) is 51.9 Å². The van der Waals surface area contributed by atoms with Crippen LogP contribution in [0.1, 0.15) is 0 Å². The van der Waals surface area contributed by atoms with E-state index in [0.29, 0.717) is 28.1 Å². The largest absolute Gasteiger partial charge is 0.328 e. The Balaban J connectivity index is 2.20. The van der Waals surface area contributed by atoms with Gasteiger partial charge in [-0.1, -0.05) is 23.2 Å². The van der Waals surface area contributed by atoms with Crippen molar-refractivity contribution in [1.82, 2.24) is 4.98 Å². The molecule has 2 heterocycles. The number of halogens is 2. The van der Waals surface area contributed by atoms with Gasteiger partial charge in [-0.15, -0.1) is 0 Å². The zero-order chi connectivity index (χ0) is 13.4. The number of pyridine rings is 1. The number of hydrogen-bond acceptors (Lipinski definition) is 3. The summed E-state index contributed by atoms with van der Waals surface area (Å²) in [5.41, 5.74) is 1.80. The zero-order valence-corrected chi connectivity index (χ0v) is 11.2. The molecule has 4 nitrogen and oxygen atoms in total. The molecule has 96 valence electrons. The number of nitrogens with one attached hydrogen (secondary N) is 1. The van der Waals surface area contributed by atoms with Crippen molar-refractivity contribution in [2.24, 2.45) is 4.99 Å². The molecule has 0 aliphatic carbocycles. The monoisotopic (exact) mass is 293 g/mol. The van der Waals surface area contributed by atoms with Crippen LogP contribution in [0.25, 0.3) is 0 Å². The SMILES string of the molecule is O=c1[nH]cccc1N1CC(Cl)=Nc2ccc(Cl)cc21. The molecule has 19 heavy (non-hydrogen) atoms. The fourth-order valence-electron chi connectivity index (χ4n) is 2.03. The topological polar surface area (TPSA) is 48.5 Å². The molecule has 0 amide bonds. The Hall–Kier alpha value is -1.78. The average molecular weight is 294 g/mol. The number of aromatic amines is 1. The summed E-state index contributed by atoms with van der Waals surface area (Å²) in [4.78, 5) is 20.6. The van der Waals surface area contributed by atoms with Gasteiger partial charge in [0.05, 0.1) is 17.9 Å². The maximum atomic E-state index is 11.9. The summed E-state index contributed by atoms with van der Waals surface area (Å²) < 4.78 is 0. The number of nitrogens with zero attached hydrogens (tertiary/aromatic N) is 2. The molecule has 0 atom stereocenters. The summed E-state index contributed by atoms with van der Waals surface area (Å²) >= 11 is 12.1. The van der Waals surface area contributed by atoms with Crippen LogP contribution in [-0.2, 0) is 0 Å². The maximum Gasteiger partial charge on any atom is 0.271 e. The van der Waals surface area contributed by atoms with E-state index < -0.39 is 0 Å². The third-order valence-corrected chi connectivity index (χ3v) is 3.29. The number of fused-ring (bicyclic) bond motifs is 1. The number of anilines is 2. The van der Waals surface area contributed by atoms with Gasteiger partial charge in [-0.05, 0) is 30.3 Å². The molecule has 1 aromatic carbocycles. The predicted molar refractivity (Wildman–Crippen MR) is 78.5 cm³/mol. The number of aliphatic imine (C=N–C) groups is 1. The minimum absolute atomic E-state index is 0.181. The van der Waals surface area contributed by atoms with Crippen LogP contribution in [0.5, 0.6) is 0 Å². The first-order valence-electron chi connectivity index (χ1n) is 5.63. The van der Waals surface area contributed by atoms with Crippen molar-refractivity contribution >= 4 is 45.4 Å². The van der Waals surface area contributed by atoms with Crippen LogP contribution < -0.4 is 10.5 Å². The minimum atomic E-state index is -0.181. The molecule has 0 unspecified atom stereocenters. The second-order valence-corrected chi connectivity index (χ2v) is 4.96. The molecule has 0 saturated heterocycles. The minimum Gasteiger partial charge on any atom is -0.328 e. The van der Waals surface area contributed by atoms with Crippen molar-refractivity contribution in [2.45, 2.75) is 0 Å². The molecule has 0 saturated carbocycles. The van der Waals surface area contributed by atoms with Crippen LogP contribution >= 0.6 is 23.2 Å². The van der Waals surface area contributed by atoms with Crippen LogP contribution in [0.15, 0.2) is 46.3 Å². The van der Waals surface area contributed by atoms with E-state index >= 15 is 0 Å². The molecule has 2 aromatic rings. The summed E-state index contributed by atoms with van der Waals surface area (Å²) in [6.45, 7) is 0.349. The molecular formula is C13H9Cl2N3O. The Labute approximate surface area is 119 Å². The standard InChI is InChI=1S/C13H9Cl2N3O/c14-8-3-4-9-11(6-8)18(7-12(15)17-9)10-2-1-5-16-13(10)19/h1-6H,7H2,(H,16,19). The first-order valence-corrected chi connectivity index (χ1v) is 6.38. The molecule has 1 N–H and O–H groups in total. The lowest BCUT2D eigenvalue weighted by Crippen LogP contribution is -2.30. The highest BCUT2D eigenvalue weighted by Crippen LogP contribution is 2.38. The lowest BCUT2D eigenvalue weighted by molar-refractivity contribution is 1.07. The smallest absolute Gasteiger partial charge is 0.271 e. The van der Waals surface area contributed by atoms with Gasteiger partial charge < -0.3 is 9.88 Å². The van der Waals surface area contributed by atoms with Gasteiger partial charge in [0.2, 0.25) is 0 Å². The first kappa shape index (κ1) is 12.3. The van der Waals surface area contributed by atoms with Gasteiger partial charge in [-0.2, -0.15) is 0 Å². The van der Waals surface area contributed by atoms with Gasteiger partial charge >= 0.3 is 0 Å². The Morgan fingerprint density at radius 2 is 2.05 bits per heavy atom. The molecule has 0 spiro atoms. The van der Waals surface area contributed by atoms with Crippen LogP contribution in [-0.4, -0.2) is 16.7 Å². The van der Waals surface area contributed by atoms with Crippen LogP contribution in [0, 0.1) is 0 Å². The van der Waals surface area contributed by atoms with Gasteiger partial charge in [0, 0.05) is 11.2 Å². The summed E-state index contributed by atoms with van der Waals surface area (Å²) in [5, 5.41) is 1.02. The van der Waals surface area contributed by atoms with Crippen molar-refractivity contribution in [1.29, 1.82) is 0 Å². The van der Waals surface area contributed by atoms with E-state index in [1.807, 2.05) is 0 Å². The second-order valence-electron chi connectivity index (χ2n) is 4.09. The van der Waals surface area contributed by atoms with Gasteiger partial charge in [-0.25, -0.2) is 4.99 Å². The normalized spacial score (nSPS) is 14.0. The average Bonchev–Trinajstić information content (AvgIpc) is 2.39. The summed E-state index contributed by atoms with van der Waals surface area (Å²) in [5.74, 6) is 0. The Kier molecular flexibility index (Phi) is 3.05. The molecule has 0 fully saturated rings. The number of rotatable bonds is 1. The molecule has 0 radical (unpaired) electrons. The lowest BCUT2D eigenvalue weighted by atomic mass is 10.2. The Morgan fingerprint density at radius 3 is 2.84 bits per heavy atom. The highest BCUT2D eigenvalue weighted by atomic mass is 35.5. The molecule has 1 aliphatic heterocycles. The van der Waals surface area contributed by atoms with Crippen LogP contribution in [0.3, 0.4) is 0 Å². The summed E-state index contributed by atoms with van der Waals surface area (Å²) in [6, 6.07) is 8.80. The van der Waals surface area contributed by atoms with Crippen molar-refractivity contribution in [3.8, 4) is 0 Å². The van der Waals surface area contributed by atoms with Crippen LogP contribution in [0.4, 0.5) is 17.1 Å². The molecule has 0 bridgehead atoms. The van der Waals surface area contributed by atoms with Gasteiger partial charge in [0.25, 0.3) is 5.56 Å². The molecule has 3 rings (SSSR count). The summed E-state index contributed by atoms with van der Waals surface area (Å²) in [7, 11) is 0. The van der Waals surface area contributed by atoms with Gasteiger partial charge in [0.15, 0.2) is 0 Å². The molecule has 1 aromatic heterocycles. The van der Waals surface area contributed by atoms with Gasteiger partial charge in [-0.3, -0.25) is 4.79 Å². The molecular weight excluding hydrogens is 285 g/mol. The highest BCUT2D eigenvalue weighted by molar-refractivity contribution is 6.66. The lowest BCUT2D eigenvalue weighted by Gasteiger charge is -2.28. The van der Waals surface area contributed by atoms with E-state index in [2.05, 4.69) is 9.98 Å². The molecule has 6 heteroatoms. The number of benzene rings is 1. The van der Waals surface area contributed by atoms with E-state index in [4.69, 9.17) is 23.2 Å². The van der Waals surface area contributed by atoms with Crippen molar-refractivity contribution in [2.75, 3.05) is 11.4 Å². The number of hydrogen-bond donors (Lipinski definition) is 1. The highest BCUT2D eigenvalue weighted by Gasteiger charge is 2.22. The molecule has 1 aliphatic rings. The van der Waals surface area contributed by atoms with E-state index in [-0.39, 0.29) is 5.56 Å². The summed E-state index contributed by atoms with van der Waals surface area (Å²) in [6.07, 6.45) is 1.59. The number of aromatic nitrogens is 1. The van der Waals surface area contributed by atoms with E-state index in [1.54, 1.807) is 41.4 Å². The van der Waals surface area contributed by atoms with Crippen LogP contribution in [0.2, 0.25) is 5.02 Å². The maximum absolute atomic E-state index is 11.9. The van der Waals surface area contributed by atoms with E-state index in [9.17, 15) is 4.79 Å². The van der Waals surface area contributed by atoms with Gasteiger partial charge in [0.1, 0.15) is 10.9 Å². The first-order chi connectivity index (χ1) is 9.15. The zero-order valence-electron chi connectivity index (χ0n) is 9.73.